The number of hydrogen-bond acceptors (Lipinski definition) is 5. The Balaban J connectivity index is 1.76. The summed E-state index contributed by atoms with van der Waals surface area (Å²) in [5.74, 6) is -0.252. The zero-order chi connectivity index (χ0) is 19.8. The van der Waals surface area contributed by atoms with Crippen LogP contribution in [-0.2, 0) is 17.7 Å². The van der Waals surface area contributed by atoms with Gasteiger partial charge in [0, 0.05) is 22.1 Å². The first kappa shape index (κ1) is 19.5. The van der Waals surface area contributed by atoms with Gasteiger partial charge in [0.15, 0.2) is 0 Å². The minimum atomic E-state index is -0.546. The van der Waals surface area contributed by atoms with Crippen LogP contribution in [0.25, 0.3) is 0 Å². The van der Waals surface area contributed by atoms with Crippen LogP contribution in [0.15, 0.2) is 24.3 Å². The van der Waals surface area contributed by atoms with Crippen molar-refractivity contribution in [3.05, 3.63) is 45.3 Å². The number of carbonyl (C=O) groups excluding carboxylic acids is 2. The van der Waals surface area contributed by atoms with E-state index in [-0.39, 0.29) is 12.0 Å². The summed E-state index contributed by atoms with van der Waals surface area (Å²) in [4.78, 5) is 27.6. The first-order valence-electron chi connectivity index (χ1n) is 8.59. The van der Waals surface area contributed by atoms with Gasteiger partial charge in [-0.25, -0.2) is 4.79 Å². The number of carbonyl (C=O) groups is 2. The number of nitrogen functional groups attached to an aromatic ring is 1. The third-order valence-corrected chi connectivity index (χ3v) is 5.36. The number of nitrogens with two attached hydrogens (primary N) is 1. The molecule has 0 spiro atoms. The van der Waals surface area contributed by atoms with E-state index in [0.717, 1.165) is 10.4 Å². The SMILES string of the molecule is CC(C)(C)OC(=O)N1CCc2c(sc(N)c2C(=O)Nc2ccc(Cl)cc2)C1. The molecule has 1 aromatic heterocycles. The minimum Gasteiger partial charge on any atom is -0.444 e. The summed E-state index contributed by atoms with van der Waals surface area (Å²) in [5, 5.41) is 3.91. The van der Waals surface area contributed by atoms with Crippen LogP contribution in [0.2, 0.25) is 5.02 Å². The smallest absolute Gasteiger partial charge is 0.410 e. The molecular formula is C19H22ClN3O3S. The summed E-state index contributed by atoms with van der Waals surface area (Å²) in [7, 11) is 0. The normalized spacial score (nSPS) is 13.9. The summed E-state index contributed by atoms with van der Waals surface area (Å²) in [6.07, 6.45) is 0.207. The highest BCUT2D eigenvalue weighted by Crippen LogP contribution is 2.36. The van der Waals surface area contributed by atoms with Gasteiger partial charge in [0.1, 0.15) is 5.60 Å². The predicted molar refractivity (Wildman–Crippen MR) is 108 cm³/mol. The van der Waals surface area contributed by atoms with Crippen molar-refractivity contribution in [1.29, 1.82) is 0 Å². The zero-order valence-corrected chi connectivity index (χ0v) is 17.0. The van der Waals surface area contributed by atoms with Gasteiger partial charge in [-0.15, -0.1) is 11.3 Å². The van der Waals surface area contributed by atoms with E-state index in [0.29, 0.717) is 40.8 Å². The topological polar surface area (TPSA) is 84.7 Å². The molecule has 2 amide bonds. The molecule has 0 saturated carbocycles. The van der Waals surface area contributed by atoms with E-state index in [1.807, 2.05) is 20.8 Å². The number of fused-ring (bicyclic) bond motifs is 1. The Kier molecular flexibility index (Phi) is 5.35. The molecule has 0 unspecified atom stereocenters. The van der Waals surface area contributed by atoms with Gasteiger partial charge in [-0.2, -0.15) is 0 Å². The van der Waals surface area contributed by atoms with Gasteiger partial charge in [0.25, 0.3) is 5.91 Å². The van der Waals surface area contributed by atoms with Crippen molar-refractivity contribution in [2.75, 3.05) is 17.6 Å². The highest BCUT2D eigenvalue weighted by molar-refractivity contribution is 7.16. The van der Waals surface area contributed by atoms with E-state index in [1.165, 1.54) is 11.3 Å². The Morgan fingerprint density at radius 1 is 1.26 bits per heavy atom. The lowest BCUT2D eigenvalue weighted by Crippen LogP contribution is -2.39. The van der Waals surface area contributed by atoms with Gasteiger partial charge < -0.3 is 20.7 Å². The average Bonchev–Trinajstić information content (AvgIpc) is 2.90. The van der Waals surface area contributed by atoms with E-state index in [1.54, 1.807) is 29.2 Å². The van der Waals surface area contributed by atoms with Gasteiger partial charge in [0.2, 0.25) is 0 Å². The fourth-order valence-corrected chi connectivity index (χ4v) is 4.14. The highest BCUT2D eigenvalue weighted by atomic mass is 35.5. The number of halogens is 1. The molecule has 3 N–H and O–H groups in total. The molecule has 0 atom stereocenters. The van der Waals surface area contributed by atoms with Crippen LogP contribution in [-0.4, -0.2) is 29.0 Å². The Hall–Kier alpha value is -2.25. The van der Waals surface area contributed by atoms with Crippen molar-refractivity contribution in [2.45, 2.75) is 39.3 Å². The van der Waals surface area contributed by atoms with E-state index in [9.17, 15) is 9.59 Å². The third kappa shape index (κ3) is 4.54. The number of rotatable bonds is 2. The number of hydrogen-bond donors (Lipinski definition) is 2. The van der Waals surface area contributed by atoms with Crippen molar-refractivity contribution in [1.82, 2.24) is 4.90 Å². The molecule has 1 aliphatic rings. The molecule has 0 saturated heterocycles. The van der Waals surface area contributed by atoms with E-state index >= 15 is 0 Å². The van der Waals surface area contributed by atoms with Gasteiger partial charge in [-0.05, 0) is 57.0 Å². The molecule has 1 aromatic carbocycles. The minimum absolute atomic E-state index is 0.252. The molecule has 2 heterocycles. The molecule has 27 heavy (non-hydrogen) atoms. The lowest BCUT2D eigenvalue weighted by atomic mass is 10.0. The van der Waals surface area contributed by atoms with Gasteiger partial charge in [-0.3, -0.25) is 4.79 Å². The van der Waals surface area contributed by atoms with Crippen LogP contribution in [0.5, 0.6) is 0 Å². The lowest BCUT2D eigenvalue weighted by Gasteiger charge is -2.30. The molecule has 0 fully saturated rings. The van der Waals surface area contributed by atoms with Gasteiger partial charge in [0.05, 0.1) is 17.1 Å². The van der Waals surface area contributed by atoms with Crippen molar-refractivity contribution in [3.63, 3.8) is 0 Å². The third-order valence-electron chi connectivity index (χ3n) is 4.06. The number of ether oxygens (including phenoxy) is 1. The number of nitrogens with one attached hydrogen (secondary N) is 1. The average molecular weight is 408 g/mol. The zero-order valence-electron chi connectivity index (χ0n) is 15.5. The maximum atomic E-state index is 12.7. The number of amides is 2. The van der Waals surface area contributed by atoms with Crippen molar-refractivity contribution >= 4 is 45.6 Å². The summed E-state index contributed by atoms with van der Waals surface area (Å²) in [5.41, 5.74) is 7.63. The van der Waals surface area contributed by atoms with Crippen LogP contribution in [0.3, 0.4) is 0 Å². The molecule has 0 bridgehead atoms. The summed E-state index contributed by atoms with van der Waals surface area (Å²) < 4.78 is 5.44. The van der Waals surface area contributed by atoms with E-state index < -0.39 is 5.60 Å². The second-order valence-electron chi connectivity index (χ2n) is 7.36. The maximum Gasteiger partial charge on any atom is 0.410 e. The highest BCUT2D eigenvalue weighted by Gasteiger charge is 2.31. The second-order valence-corrected chi connectivity index (χ2v) is 8.93. The first-order valence-corrected chi connectivity index (χ1v) is 9.78. The molecule has 1 aliphatic heterocycles. The van der Waals surface area contributed by atoms with Crippen molar-refractivity contribution in [2.24, 2.45) is 0 Å². The monoisotopic (exact) mass is 407 g/mol. The summed E-state index contributed by atoms with van der Waals surface area (Å²) >= 11 is 7.22. The van der Waals surface area contributed by atoms with E-state index in [2.05, 4.69) is 5.32 Å². The predicted octanol–water partition coefficient (Wildman–Crippen LogP) is 4.53. The molecule has 8 heteroatoms. The van der Waals surface area contributed by atoms with Crippen LogP contribution in [0.1, 0.15) is 41.6 Å². The van der Waals surface area contributed by atoms with Crippen LogP contribution < -0.4 is 11.1 Å². The number of nitrogens with zero attached hydrogens (tertiary/aromatic N) is 1. The Morgan fingerprint density at radius 2 is 1.93 bits per heavy atom. The molecular weight excluding hydrogens is 386 g/mol. The van der Waals surface area contributed by atoms with Crippen LogP contribution in [0.4, 0.5) is 15.5 Å². The lowest BCUT2D eigenvalue weighted by molar-refractivity contribution is 0.0226. The standard InChI is InChI=1S/C19H22ClN3O3S/c1-19(2,3)26-18(25)23-9-8-13-14(10-23)27-16(21)15(13)17(24)22-12-6-4-11(20)5-7-12/h4-7H,8-10,21H2,1-3H3,(H,22,24). The molecule has 0 radical (unpaired) electrons. The van der Waals surface area contributed by atoms with Crippen LogP contribution >= 0.6 is 22.9 Å². The molecule has 6 nitrogen and oxygen atoms in total. The van der Waals surface area contributed by atoms with E-state index in [4.69, 9.17) is 22.1 Å². The largest absolute Gasteiger partial charge is 0.444 e. The molecule has 3 rings (SSSR count). The maximum absolute atomic E-state index is 12.7. The van der Waals surface area contributed by atoms with Gasteiger partial charge >= 0.3 is 6.09 Å². The first-order chi connectivity index (χ1) is 12.6. The number of thiophene rings is 1. The van der Waals surface area contributed by atoms with Crippen molar-refractivity contribution in [3.8, 4) is 0 Å². The quantitative estimate of drug-likeness (QED) is 0.765. The van der Waals surface area contributed by atoms with Gasteiger partial charge in [-0.1, -0.05) is 11.6 Å². The fraction of sp³-hybridized carbons (Fsp3) is 0.368. The summed E-state index contributed by atoms with van der Waals surface area (Å²) in [6, 6.07) is 6.89. The number of anilines is 2. The summed E-state index contributed by atoms with van der Waals surface area (Å²) in [6.45, 7) is 6.39. The Labute approximate surface area is 167 Å². The fourth-order valence-electron chi connectivity index (χ4n) is 2.88. The Bertz CT molecular complexity index is 872. The number of benzene rings is 1. The Morgan fingerprint density at radius 3 is 2.56 bits per heavy atom. The molecule has 144 valence electrons. The molecule has 0 aliphatic carbocycles. The van der Waals surface area contributed by atoms with Crippen molar-refractivity contribution < 1.29 is 14.3 Å². The second kappa shape index (κ2) is 7.40. The molecule has 2 aromatic rings. The van der Waals surface area contributed by atoms with Crippen LogP contribution in [0, 0.1) is 0 Å².